The number of rotatable bonds is 4. The van der Waals surface area contributed by atoms with Crippen LogP contribution >= 0.6 is 0 Å². The highest BCUT2D eigenvalue weighted by molar-refractivity contribution is 5.72. The number of alkyl halides is 3. The Hall–Kier alpha value is -2.03. The van der Waals surface area contributed by atoms with Gasteiger partial charge in [0.25, 0.3) is 0 Å². The second-order valence-electron chi connectivity index (χ2n) is 3.28. The van der Waals surface area contributed by atoms with E-state index in [2.05, 4.69) is 9.72 Å². The number of carbonyl (C=O) groups is 1. The Balaban J connectivity index is 3.15. The van der Waals surface area contributed by atoms with Crippen molar-refractivity contribution in [3.8, 4) is 5.75 Å². The first-order valence-electron chi connectivity index (χ1n) is 4.68. The molecule has 0 aliphatic carbocycles. The lowest BCUT2D eigenvalue weighted by atomic mass is 10.1. The zero-order chi connectivity index (χ0) is 13.9. The molecule has 0 atom stereocenters. The number of aliphatic carboxylic acids is 1. The molecule has 0 radical (unpaired) electrons. The number of carboxylic acids is 1. The van der Waals surface area contributed by atoms with Crippen LogP contribution in [0.25, 0.3) is 0 Å². The third kappa shape index (κ3) is 3.48. The van der Waals surface area contributed by atoms with E-state index >= 15 is 0 Å². The number of ether oxygens (including phenoxy) is 1. The van der Waals surface area contributed by atoms with Crippen molar-refractivity contribution in [3.05, 3.63) is 17.5 Å². The average molecular weight is 265 g/mol. The van der Waals surface area contributed by atoms with Gasteiger partial charge in [-0.1, -0.05) is 0 Å². The molecule has 0 saturated heterocycles. The lowest BCUT2D eigenvalue weighted by Crippen LogP contribution is -2.20. The lowest BCUT2D eigenvalue weighted by Gasteiger charge is -2.14. The highest BCUT2D eigenvalue weighted by Crippen LogP contribution is 2.31. The summed E-state index contributed by atoms with van der Waals surface area (Å²) in [4.78, 5) is 14.1. The van der Waals surface area contributed by atoms with Gasteiger partial charge in [0, 0.05) is 12.1 Å². The minimum absolute atomic E-state index is 0.0111. The van der Waals surface area contributed by atoms with E-state index < -0.39 is 24.5 Å². The molecule has 18 heavy (non-hydrogen) atoms. The summed E-state index contributed by atoms with van der Waals surface area (Å²) in [6, 6.07) is 0. The van der Waals surface area contributed by atoms with Crippen LogP contribution in [0.4, 0.5) is 18.9 Å². The fourth-order valence-corrected chi connectivity index (χ4v) is 1.32. The van der Waals surface area contributed by atoms with E-state index in [4.69, 9.17) is 16.6 Å². The lowest BCUT2D eigenvalue weighted by molar-refractivity contribution is -0.274. The number of anilines is 1. The molecule has 0 fully saturated rings. The molecule has 100 valence electrons. The minimum atomic E-state index is -4.91. The highest BCUT2D eigenvalue weighted by atomic mass is 19.4. The van der Waals surface area contributed by atoms with Crippen LogP contribution in [0.1, 0.15) is 11.3 Å². The number of hydrogen-bond acceptors (Lipinski definition) is 5. The molecule has 0 aliphatic rings. The van der Waals surface area contributed by atoms with Gasteiger partial charge in [-0.15, -0.1) is 13.2 Å². The van der Waals surface area contributed by atoms with E-state index in [0.717, 1.165) is 6.20 Å². The van der Waals surface area contributed by atoms with E-state index in [0.29, 0.717) is 0 Å². The smallest absolute Gasteiger partial charge is 0.481 e. The maximum absolute atomic E-state index is 12.0. The second-order valence-corrected chi connectivity index (χ2v) is 3.28. The molecule has 1 heterocycles. The maximum Gasteiger partial charge on any atom is 0.573 e. The van der Waals surface area contributed by atoms with Crippen molar-refractivity contribution >= 4 is 11.7 Å². The zero-order valence-corrected chi connectivity index (χ0v) is 8.99. The third-order valence-corrected chi connectivity index (χ3v) is 2.03. The molecule has 5 N–H and O–H groups in total. The molecule has 0 saturated carbocycles. The monoisotopic (exact) mass is 265 g/mol. The number of halogens is 3. The normalized spacial score (nSPS) is 11.3. The van der Waals surface area contributed by atoms with Crippen LogP contribution in [0.2, 0.25) is 0 Å². The van der Waals surface area contributed by atoms with Gasteiger partial charge in [0.05, 0.1) is 24.0 Å². The second kappa shape index (κ2) is 5.08. The van der Waals surface area contributed by atoms with E-state index in [1.165, 1.54) is 0 Å². The van der Waals surface area contributed by atoms with E-state index in [-0.39, 0.29) is 23.5 Å². The summed E-state index contributed by atoms with van der Waals surface area (Å²) in [5.41, 5.74) is 10.4. The van der Waals surface area contributed by atoms with Crippen LogP contribution in [0.3, 0.4) is 0 Å². The molecular formula is C9H10F3N3O3. The molecule has 0 amide bonds. The fourth-order valence-electron chi connectivity index (χ4n) is 1.32. The Morgan fingerprint density at radius 3 is 2.56 bits per heavy atom. The van der Waals surface area contributed by atoms with Crippen molar-refractivity contribution in [2.24, 2.45) is 5.73 Å². The van der Waals surface area contributed by atoms with Gasteiger partial charge in [0.1, 0.15) is 0 Å². The topological polar surface area (TPSA) is 111 Å². The molecular weight excluding hydrogens is 255 g/mol. The standard InChI is InChI=1S/C9H10F3N3O3/c10-9(11,12)18-6-3-15-5(1-7(16)17)4(2-13)8(6)14/h3H,1-2,13H2,(H2,14,15)(H,16,17). The molecule has 0 unspecified atom stereocenters. The molecule has 0 aromatic carbocycles. The van der Waals surface area contributed by atoms with Gasteiger partial charge in [0.15, 0.2) is 5.75 Å². The Labute approximate surface area is 99.4 Å². The summed E-state index contributed by atoms with van der Waals surface area (Å²) in [7, 11) is 0. The summed E-state index contributed by atoms with van der Waals surface area (Å²) in [6.07, 6.45) is -4.67. The van der Waals surface area contributed by atoms with Gasteiger partial charge in [0.2, 0.25) is 0 Å². The van der Waals surface area contributed by atoms with Gasteiger partial charge in [-0.2, -0.15) is 0 Å². The van der Waals surface area contributed by atoms with Gasteiger partial charge in [-0.05, 0) is 0 Å². The van der Waals surface area contributed by atoms with Gasteiger partial charge < -0.3 is 21.3 Å². The first-order chi connectivity index (χ1) is 8.24. The zero-order valence-electron chi connectivity index (χ0n) is 8.99. The number of nitrogens with two attached hydrogens (primary N) is 2. The quantitative estimate of drug-likeness (QED) is 0.736. The van der Waals surface area contributed by atoms with Crippen molar-refractivity contribution in [1.82, 2.24) is 4.98 Å². The summed E-state index contributed by atoms with van der Waals surface area (Å²) < 4.78 is 39.8. The first-order valence-corrected chi connectivity index (χ1v) is 4.68. The molecule has 1 aromatic heterocycles. The molecule has 6 nitrogen and oxygen atoms in total. The number of aromatic nitrogens is 1. The summed E-state index contributed by atoms with van der Waals surface area (Å²) in [6.45, 7) is -0.240. The van der Waals surface area contributed by atoms with Gasteiger partial charge in [-0.3, -0.25) is 9.78 Å². The number of nitrogen functional groups attached to an aromatic ring is 1. The maximum atomic E-state index is 12.0. The fraction of sp³-hybridized carbons (Fsp3) is 0.333. The Bertz CT molecular complexity index is 462. The Morgan fingerprint density at radius 2 is 2.11 bits per heavy atom. The van der Waals surface area contributed by atoms with Crippen molar-refractivity contribution < 1.29 is 27.8 Å². The Kier molecular flexibility index (Phi) is 3.96. The molecule has 9 heteroatoms. The minimum Gasteiger partial charge on any atom is -0.481 e. The molecule has 0 bridgehead atoms. The Morgan fingerprint density at radius 1 is 1.50 bits per heavy atom. The predicted molar refractivity (Wildman–Crippen MR) is 54.6 cm³/mol. The number of carboxylic acid groups (broad SMARTS) is 1. The SMILES string of the molecule is NCc1c(CC(=O)O)ncc(OC(F)(F)F)c1N. The van der Waals surface area contributed by atoms with Crippen LogP contribution < -0.4 is 16.2 Å². The molecule has 1 rings (SSSR count). The molecule has 0 spiro atoms. The van der Waals surface area contributed by atoms with Crippen LogP contribution in [0.5, 0.6) is 5.75 Å². The van der Waals surface area contributed by atoms with Gasteiger partial charge >= 0.3 is 12.3 Å². The van der Waals surface area contributed by atoms with Crippen LogP contribution in [0.15, 0.2) is 6.20 Å². The van der Waals surface area contributed by atoms with Crippen molar-refractivity contribution in [3.63, 3.8) is 0 Å². The van der Waals surface area contributed by atoms with E-state index in [1.54, 1.807) is 0 Å². The van der Waals surface area contributed by atoms with Crippen molar-refractivity contribution in [2.75, 3.05) is 5.73 Å². The molecule has 1 aromatic rings. The number of pyridine rings is 1. The van der Waals surface area contributed by atoms with E-state index in [1.807, 2.05) is 0 Å². The van der Waals surface area contributed by atoms with Gasteiger partial charge in [-0.25, -0.2) is 0 Å². The predicted octanol–water partition coefficient (Wildman–Crippen LogP) is 0.648. The third-order valence-electron chi connectivity index (χ3n) is 2.03. The van der Waals surface area contributed by atoms with Crippen LogP contribution in [0, 0.1) is 0 Å². The van der Waals surface area contributed by atoms with Crippen molar-refractivity contribution in [1.29, 1.82) is 0 Å². The molecule has 0 aliphatic heterocycles. The summed E-state index contributed by atoms with van der Waals surface area (Å²) >= 11 is 0. The highest BCUT2D eigenvalue weighted by Gasteiger charge is 2.32. The van der Waals surface area contributed by atoms with Crippen LogP contribution in [-0.4, -0.2) is 22.4 Å². The summed E-state index contributed by atoms with van der Waals surface area (Å²) in [5, 5.41) is 8.60. The van der Waals surface area contributed by atoms with Crippen LogP contribution in [-0.2, 0) is 17.8 Å². The van der Waals surface area contributed by atoms with Crippen molar-refractivity contribution in [2.45, 2.75) is 19.3 Å². The first kappa shape index (κ1) is 14.0. The number of nitrogens with zero attached hydrogens (tertiary/aromatic N) is 1. The summed E-state index contributed by atoms with van der Waals surface area (Å²) in [5.74, 6) is -1.89. The van der Waals surface area contributed by atoms with E-state index in [9.17, 15) is 18.0 Å². The largest absolute Gasteiger partial charge is 0.573 e. The average Bonchev–Trinajstić information content (AvgIpc) is 2.20. The number of hydrogen-bond donors (Lipinski definition) is 3.